The fourth-order valence-electron chi connectivity index (χ4n) is 4.14. The van der Waals surface area contributed by atoms with Gasteiger partial charge in [-0.15, -0.1) is 0 Å². The van der Waals surface area contributed by atoms with Crippen molar-refractivity contribution in [2.45, 2.75) is 25.1 Å². The third-order valence-corrected chi connectivity index (χ3v) is 5.53. The maximum absolute atomic E-state index is 13.4. The molecule has 1 saturated heterocycles. The van der Waals surface area contributed by atoms with Crippen molar-refractivity contribution in [3.05, 3.63) is 108 Å². The minimum atomic E-state index is -0.899. The van der Waals surface area contributed by atoms with E-state index in [2.05, 4.69) is 0 Å². The molecule has 146 valence electrons. The molecule has 1 aliphatic rings. The van der Waals surface area contributed by atoms with Crippen molar-refractivity contribution in [2.24, 2.45) is 5.92 Å². The van der Waals surface area contributed by atoms with Gasteiger partial charge >= 0.3 is 0 Å². The fourth-order valence-corrected chi connectivity index (χ4v) is 4.14. The molecule has 0 aliphatic carbocycles. The lowest BCUT2D eigenvalue weighted by Crippen LogP contribution is -2.68. The lowest BCUT2D eigenvalue weighted by atomic mass is 9.76. The molecule has 1 fully saturated rings. The number of aliphatic hydroxyl groups is 1. The number of β-lactam (4-membered cyclic amide) rings is 1. The minimum Gasteiger partial charge on any atom is -0.392 e. The minimum absolute atomic E-state index is 0.145. The quantitative estimate of drug-likeness (QED) is 0.518. The first-order valence-corrected chi connectivity index (χ1v) is 9.79. The molecule has 3 atom stereocenters. The maximum Gasteiger partial charge on any atom is 0.232 e. The molecular formula is C25H23NO3. The second-order valence-electron chi connectivity index (χ2n) is 7.41. The second kappa shape index (κ2) is 8.02. The van der Waals surface area contributed by atoms with Crippen LogP contribution in [-0.2, 0) is 4.79 Å². The number of rotatable bonds is 6. The van der Waals surface area contributed by atoms with Gasteiger partial charge < -0.3 is 10.0 Å². The molecular weight excluding hydrogens is 362 g/mol. The van der Waals surface area contributed by atoms with Gasteiger partial charge in [-0.1, -0.05) is 91.0 Å². The van der Waals surface area contributed by atoms with Crippen molar-refractivity contribution < 1.29 is 14.7 Å². The number of ketones is 1. The molecule has 0 aromatic heterocycles. The van der Waals surface area contributed by atoms with Gasteiger partial charge in [-0.2, -0.15) is 0 Å². The highest BCUT2D eigenvalue weighted by Crippen LogP contribution is 2.42. The standard InChI is InChI=1S/C25H23NO3/c1-17(27)21-23(24(28)20-15-9-4-10-16-20)26(25(21)29)22(18-11-5-2-6-12-18)19-13-7-3-8-14-19/h2-17,21-23,27H,1H3/t17-,21-,23+/m1/s1. The Morgan fingerprint density at radius 3 is 1.72 bits per heavy atom. The topological polar surface area (TPSA) is 57.6 Å². The third-order valence-electron chi connectivity index (χ3n) is 5.53. The molecule has 29 heavy (non-hydrogen) atoms. The summed E-state index contributed by atoms with van der Waals surface area (Å²) in [6, 6.07) is 27.3. The monoisotopic (exact) mass is 385 g/mol. The van der Waals surface area contributed by atoms with Crippen LogP contribution in [0.25, 0.3) is 0 Å². The van der Waals surface area contributed by atoms with E-state index in [0.29, 0.717) is 5.56 Å². The first-order chi connectivity index (χ1) is 14.1. The van der Waals surface area contributed by atoms with E-state index in [0.717, 1.165) is 11.1 Å². The molecule has 4 rings (SSSR count). The number of likely N-dealkylation sites (tertiary alicyclic amines) is 1. The number of amides is 1. The highest BCUT2D eigenvalue weighted by atomic mass is 16.3. The summed E-state index contributed by atoms with van der Waals surface area (Å²) >= 11 is 0. The van der Waals surface area contributed by atoms with E-state index in [1.807, 2.05) is 66.7 Å². The molecule has 3 aromatic carbocycles. The summed E-state index contributed by atoms with van der Waals surface area (Å²) < 4.78 is 0. The molecule has 0 unspecified atom stereocenters. The lowest BCUT2D eigenvalue weighted by molar-refractivity contribution is -0.163. The lowest BCUT2D eigenvalue weighted by Gasteiger charge is -2.51. The number of hydrogen-bond donors (Lipinski definition) is 1. The van der Waals surface area contributed by atoms with E-state index >= 15 is 0 Å². The number of hydrogen-bond acceptors (Lipinski definition) is 3. The summed E-state index contributed by atoms with van der Waals surface area (Å²) in [5, 5.41) is 10.2. The Hall–Kier alpha value is -3.24. The van der Waals surface area contributed by atoms with Crippen molar-refractivity contribution >= 4 is 11.7 Å². The second-order valence-corrected chi connectivity index (χ2v) is 7.41. The SMILES string of the molecule is C[C@@H](O)[C@H]1C(=O)N(C(c2ccccc2)c2ccccc2)[C@@H]1C(=O)c1ccccc1. The van der Waals surface area contributed by atoms with Crippen molar-refractivity contribution in [1.29, 1.82) is 0 Å². The summed E-state index contributed by atoms with van der Waals surface area (Å²) in [5.41, 5.74) is 2.41. The van der Waals surface area contributed by atoms with Crippen molar-refractivity contribution in [3.8, 4) is 0 Å². The number of aliphatic hydroxyl groups excluding tert-OH is 1. The normalized spacial score (nSPS) is 19.7. The number of carbonyl (C=O) groups excluding carboxylic acids is 2. The summed E-state index contributed by atoms with van der Waals surface area (Å²) in [5.74, 6) is -1.09. The number of benzene rings is 3. The molecule has 1 amide bonds. The number of Topliss-reactive ketones (excluding diaryl/α,β-unsaturated/α-hetero) is 1. The Morgan fingerprint density at radius 2 is 1.28 bits per heavy atom. The fraction of sp³-hybridized carbons (Fsp3) is 0.200. The van der Waals surface area contributed by atoms with Crippen LogP contribution in [0.1, 0.15) is 34.5 Å². The highest BCUT2D eigenvalue weighted by molar-refractivity contribution is 6.08. The van der Waals surface area contributed by atoms with Gasteiger partial charge in [-0.3, -0.25) is 9.59 Å². The smallest absolute Gasteiger partial charge is 0.232 e. The van der Waals surface area contributed by atoms with Crippen LogP contribution >= 0.6 is 0 Å². The van der Waals surface area contributed by atoms with Crippen LogP contribution in [0, 0.1) is 5.92 Å². The molecule has 1 N–H and O–H groups in total. The van der Waals surface area contributed by atoms with Crippen LogP contribution in [0.15, 0.2) is 91.0 Å². The Morgan fingerprint density at radius 1 is 0.828 bits per heavy atom. The molecule has 1 heterocycles. The Bertz CT molecular complexity index is 947. The van der Waals surface area contributed by atoms with Crippen molar-refractivity contribution in [1.82, 2.24) is 4.90 Å². The molecule has 1 aliphatic heterocycles. The molecule has 0 spiro atoms. The zero-order chi connectivity index (χ0) is 20.4. The van der Waals surface area contributed by atoms with Gasteiger partial charge in [0.15, 0.2) is 5.78 Å². The van der Waals surface area contributed by atoms with Crippen LogP contribution in [0.2, 0.25) is 0 Å². The molecule has 0 saturated carbocycles. The van der Waals surface area contributed by atoms with Gasteiger partial charge in [0.25, 0.3) is 0 Å². The maximum atomic E-state index is 13.4. The van der Waals surface area contributed by atoms with E-state index in [9.17, 15) is 14.7 Å². The predicted molar refractivity (Wildman–Crippen MR) is 111 cm³/mol. The first-order valence-electron chi connectivity index (χ1n) is 9.79. The van der Waals surface area contributed by atoms with E-state index in [1.165, 1.54) is 0 Å². The van der Waals surface area contributed by atoms with Gasteiger partial charge in [0.1, 0.15) is 6.04 Å². The van der Waals surface area contributed by atoms with Gasteiger partial charge in [0.05, 0.1) is 18.1 Å². The highest BCUT2D eigenvalue weighted by Gasteiger charge is 2.56. The van der Waals surface area contributed by atoms with Gasteiger partial charge in [0.2, 0.25) is 5.91 Å². The van der Waals surface area contributed by atoms with Crippen LogP contribution < -0.4 is 0 Å². The van der Waals surface area contributed by atoms with E-state index in [1.54, 1.807) is 36.1 Å². The van der Waals surface area contributed by atoms with E-state index in [-0.39, 0.29) is 11.7 Å². The molecule has 0 radical (unpaired) electrons. The summed E-state index contributed by atoms with van der Waals surface area (Å²) in [7, 11) is 0. The Balaban J connectivity index is 1.80. The van der Waals surface area contributed by atoms with Gasteiger partial charge in [0, 0.05) is 5.56 Å². The number of carbonyl (C=O) groups is 2. The Kier molecular flexibility index (Phi) is 5.28. The molecule has 3 aromatic rings. The van der Waals surface area contributed by atoms with Crippen molar-refractivity contribution in [2.75, 3.05) is 0 Å². The third kappa shape index (κ3) is 3.47. The predicted octanol–water partition coefficient (Wildman–Crippen LogP) is 3.87. The zero-order valence-electron chi connectivity index (χ0n) is 16.2. The van der Waals surface area contributed by atoms with Crippen LogP contribution in [-0.4, -0.2) is 33.8 Å². The van der Waals surface area contributed by atoms with Gasteiger partial charge in [-0.05, 0) is 18.1 Å². The van der Waals surface area contributed by atoms with Crippen molar-refractivity contribution in [3.63, 3.8) is 0 Å². The Labute approximate surface area is 170 Å². The average Bonchev–Trinajstić information content (AvgIpc) is 2.76. The van der Waals surface area contributed by atoms with Crippen LogP contribution in [0.4, 0.5) is 0 Å². The summed E-state index contributed by atoms with van der Waals surface area (Å²) in [6.07, 6.45) is -0.899. The van der Waals surface area contributed by atoms with E-state index < -0.39 is 24.1 Å². The molecule has 0 bridgehead atoms. The van der Waals surface area contributed by atoms with Gasteiger partial charge in [-0.25, -0.2) is 0 Å². The van der Waals surface area contributed by atoms with Crippen LogP contribution in [0.5, 0.6) is 0 Å². The zero-order valence-corrected chi connectivity index (χ0v) is 16.2. The summed E-state index contributed by atoms with van der Waals surface area (Å²) in [6.45, 7) is 1.57. The van der Waals surface area contributed by atoms with E-state index in [4.69, 9.17) is 0 Å². The summed E-state index contributed by atoms with van der Waals surface area (Å²) in [4.78, 5) is 28.1. The average molecular weight is 385 g/mol. The molecule has 4 nitrogen and oxygen atoms in total. The molecule has 4 heteroatoms. The number of nitrogens with zero attached hydrogens (tertiary/aromatic N) is 1. The largest absolute Gasteiger partial charge is 0.392 e. The first kappa shape index (κ1) is 19.1. The van der Waals surface area contributed by atoms with Crippen LogP contribution in [0.3, 0.4) is 0 Å².